The van der Waals surface area contributed by atoms with Crippen LogP contribution in [0, 0.1) is 0 Å². The van der Waals surface area contributed by atoms with E-state index in [1.165, 1.54) is 162 Å². The van der Waals surface area contributed by atoms with Gasteiger partial charge in [0.15, 0.2) is 0 Å². The van der Waals surface area contributed by atoms with Crippen LogP contribution in [-0.4, -0.2) is 0 Å². The second kappa shape index (κ2) is 15.1. The van der Waals surface area contributed by atoms with Crippen molar-refractivity contribution in [2.75, 3.05) is 0 Å². The van der Waals surface area contributed by atoms with Gasteiger partial charge in [-0.25, -0.2) is 0 Å². The van der Waals surface area contributed by atoms with Gasteiger partial charge in [-0.15, -0.1) is 0 Å². The highest BCUT2D eigenvalue weighted by atomic mass is 14.1. The Labute approximate surface area is 320 Å². The van der Waals surface area contributed by atoms with Gasteiger partial charge in [0.05, 0.1) is 0 Å². The second-order valence-corrected chi connectivity index (χ2v) is 15.8. The molecule has 0 aromatic heterocycles. The van der Waals surface area contributed by atoms with E-state index in [1.54, 1.807) is 0 Å². The zero-order chi connectivity index (χ0) is 36.4. The lowest BCUT2D eigenvalue weighted by atomic mass is 9.94. The summed E-state index contributed by atoms with van der Waals surface area (Å²) in [5, 5.41) is 15.6. The summed E-state index contributed by atoms with van der Waals surface area (Å²) in [6.07, 6.45) is 12.8. The van der Waals surface area contributed by atoms with Gasteiger partial charge < -0.3 is 0 Å². The first-order valence-electron chi connectivity index (χ1n) is 20.5. The number of fused-ring (bicyclic) bond motifs is 6. The minimum Gasteiger partial charge on any atom is -0.0654 e. The minimum absolute atomic E-state index is 1.17. The zero-order valence-electron chi connectivity index (χ0n) is 31.9. The molecular weight excluding hydrogens is 649 g/mol. The van der Waals surface area contributed by atoms with Crippen LogP contribution in [0.5, 0.6) is 0 Å². The Morgan fingerprint density at radius 1 is 0.241 bits per heavy atom. The summed E-state index contributed by atoms with van der Waals surface area (Å²) in [5.74, 6) is 0. The predicted octanol–water partition coefficient (Wildman–Crippen LogP) is 16.2. The van der Waals surface area contributed by atoms with Crippen LogP contribution in [0.1, 0.15) is 76.3 Å². The monoisotopic (exact) mass is 698 g/mol. The van der Waals surface area contributed by atoms with Gasteiger partial charge >= 0.3 is 0 Å². The maximum absolute atomic E-state index is 2.40. The first kappa shape index (κ1) is 34.3. The van der Waals surface area contributed by atoms with Gasteiger partial charge in [0, 0.05) is 0 Å². The van der Waals surface area contributed by atoms with Crippen LogP contribution in [0.15, 0.2) is 146 Å². The molecule has 9 rings (SSSR count). The SMILES string of the molecule is CCCCCCc1ccc2cc3cc(-c4ccc5cc6cc(-c7ccc8cc9cc(CCCCCC)ccc9cc8c7)ccc6cc5c4)ccc3cc2c1. The summed E-state index contributed by atoms with van der Waals surface area (Å²) in [7, 11) is 0. The van der Waals surface area contributed by atoms with Crippen molar-refractivity contribution in [1.29, 1.82) is 0 Å². The van der Waals surface area contributed by atoms with E-state index in [2.05, 4.69) is 159 Å². The fraction of sp³-hybridized carbons (Fsp3) is 0.222. The van der Waals surface area contributed by atoms with Crippen molar-refractivity contribution in [3.63, 3.8) is 0 Å². The number of unbranched alkanes of at least 4 members (excludes halogenated alkanes) is 6. The Bertz CT molecular complexity index is 2600. The van der Waals surface area contributed by atoms with Gasteiger partial charge in [0.25, 0.3) is 0 Å². The van der Waals surface area contributed by atoms with E-state index in [9.17, 15) is 0 Å². The average molecular weight is 699 g/mol. The molecule has 0 aliphatic heterocycles. The second-order valence-electron chi connectivity index (χ2n) is 15.8. The van der Waals surface area contributed by atoms with E-state index >= 15 is 0 Å². The van der Waals surface area contributed by atoms with Crippen molar-refractivity contribution in [2.45, 2.75) is 78.1 Å². The first-order valence-corrected chi connectivity index (χ1v) is 20.5. The third-order valence-corrected chi connectivity index (χ3v) is 11.8. The molecular formula is C54H50. The molecule has 9 aromatic carbocycles. The summed E-state index contributed by atoms with van der Waals surface area (Å²) < 4.78 is 0. The number of hydrogen-bond acceptors (Lipinski definition) is 0. The van der Waals surface area contributed by atoms with Crippen molar-refractivity contribution in [2.24, 2.45) is 0 Å². The summed E-state index contributed by atoms with van der Waals surface area (Å²) in [6, 6.07) is 56.1. The number of benzene rings is 9. The lowest BCUT2D eigenvalue weighted by Gasteiger charge is -2.11. The van der Waals surface area contributed by atoms with E-state index in [0.717, 1.165) is 0 Å². The Hall–Kier alpha value is -5.46. The highest BCUT2D eigenvalue weighted by Crippen LogP contribution is 2.34. The molecule has 0 bridgehead atoms. The fourth-order valence-corrected chi connectivity index (χ4v) is 8.63. The van der Waals surface area contributed by atoms with E-state index in [1.807, 2.05) is 0 Å². The topological polar surface area (TPSA) is 0 Å². The van der Waals surface area contributed by atoms with Crippen molar-refractivity contribution in [1.82, 2.24) is 0 Å². The Kier molecular flexibility index (Phi) is 9.60. The van der Waals surface area contributed by atoms with Crippen LogP contribution in [-0.2, 0) is 12.8 Å². The van der Waals surface area contributed by atoms with Crippen LogP contribution >= 0.6 is 0 Å². The number of aryl methyl sites for hydroxylation is 2. The molecule has 266 valence electrons. The Morgan fingerprint density at radius 3 is 0.815 bits per heavy atom. The van der Waals surface area contributed by atoms with Gasteiger partial charge in [0.2, 0.25) is 0 Å². The first-order chi connectivity index (χ1) is 26.6. The Balaban J connectivity index is 0.966. The number of rotatable bonds is 12. The van der Waals surface area contributed by atoms with Crippen molar-refractivity contribution in [3.05, 3.63) is 157 Å². The molecule has 0 aliphatic carbocycles. The summed E-state index contributed by atoms with van der Waals surface area (Å²) in [6.45, 7) is 4.56. The van der Waals surface area contributed by atoms with Crippen LogP contribution in [0.3, 0.4) is 0 Å². The smallest absolute Gasteiger partial charge is 0.0171 e. The zero-order valence-corrected chi connectivity index (χ0v) is 31.9. The average Bonchev–Trinajstić information content (AvgIpc) is 3.20. The molecule has 0 fully saturated rings. The summed E-state index contributed by atoms with van der Waals surface area (Å²) in [4.78, 5) is 0. The van der Waals surface area contributed by atoms with E-state index in [4.69, 9.17) is 0 Å². The van der Waals surface area contributed by atoms with Crippen LogP contribution < -0.4 is 0 Å². The Morgan fingerprint density at radius 2 is 0.519 bits per heavy atom. The molecule has 54 heavy (non-hydrogen) atoms. The normalized spacial score (nSPS) is 11.9. The van der Waals surface area contributed by atoms with Crippen molar-refractivity contribution >= 4 is 64.6 Å². The molecule has 9 aromatic rings. The molecule has 0 heterocycles. The van der Waals surface area contributed by atoms with Gasteiger partial charge in [-0.05, 0) is 184 Å². The summed E-state index contributed by atoms with van der Waals surface area (Å²) in [5.41, 5.74) is 7.96. The third kappa shape index (κ3) is 7.11. The highest BCUT2D eigenvalue weighted by molar-refractivity contribution is 6.04. The predicted molar refractivity (Wildman–Crippen MR) is 238 cm³/mol. The van der Waals surface area contributed by atoms with Crippen LogP contribution in [0.25, 0.3) is 86.9 Å². The van der Waals surface area contributed by atoms with Crippen LogP contribution in [0.2, 0.25) is 0 Å². The molecule has 0 saturated heterocycles. The maximum Gasteiger partial charge on any atom is -0.0171 e. The lowest BCUT2D eigenvalue weighted by molar-refractivity contribution is 0.667. The maximum atomic E-state index is 2.40. The molecule has 0 atom stereocenters. The van der Waals surface area contributed by atoms with Gasteiger partial charge in [-0.1, -0.05) is 137 Å². The van der Waals surface area contributed by atoms with Gasteiger partial charge in [0.1, 0.15) is 0 Å². The molecule has 0 heteroatoms. The molecule has 0 saturated carbocycles. The van der Waals surface area contributed by atoms with Crippen molar-refractivity contribution in [3.8, 4) is 22.3 Å². The lowest BCUT2D eigenvalue weighted by Crippen LogP contribution is -1.87. The fourth-order valence-electron chi connectivity index (χ4n) is 8.63. The quantitative estimate of drug-likeness (QED) is 0.0880. The molecule has 0 aliphatic rings. The third-order valence-electron chi connectivity index (χ3n) is 11.8. The molecule has 0 radical (unpaired) electrons. The molecule has 0 N–H and O–H groups in total. The highest BCUT2D eigenvalue weighted by Gasteiger charge is 2.09. The van der Waals surface area contributed by atoms with Gasteiger partial charge in [-0.2, -0.15) is 0 Å². The van der Waals surface area contributed by atoms with Gasteiger partial charge in [-0.3, -0.25) is 0 Å². The standard InChI is InChI=1S/C54H50/c1-3-5-7-9-11-37-13-15-43-33-51-27-39(17-21-45(51)31-49(43)25-37)41-19-23-47-36-54-30-42(20-24-48(54)35-53(47)29-41)40-18-22-46-32-50-26-38(12-10-8-6-4-2)14-16-44(50)34-52(46)28-40/h13-36H,3-12H2,1-2H3. The molecule has 0 nitrogen and oxygen atoms in total. The molecule has 0 unspecified atom stereocenters. The largest absolute Gasteiger partial charge is 0.0654 e. The summed E-state index contributed by atoms with van der Waals surface area (Å²) >= 11 is 0. The molecule has 0 amide bonds. The number of hydrogen-bond donors (Lipinski definition) is 0. The van der Waals surface area contributed by atoms with E-state index in [0.29, 0.717) is 0 Å². The van der Waals surface area contributed by atoms with Crippen molar-refractivity contribution < 1.29 is 0 Å². The van der Waals surface area contributed by atoms with Crippen LogP contribution in [0.4, 0.5) is 0 Å². The van der Waals surface area contributed by atoms with E-state index < -0.39 is 0 Å². The van der Waals surface area contributed by atoms with E-state index in [-0.39, 0.29) is 0 Å². The minimum atomic E-state index is 1.17. The molecule has 0 spiro atoms.